The van der Waals surface area contributed by atoms with Crippen molar-refractivity contribution in [2.45, 2.75) is 18.9 Å². The van der Waals surface area contributed by atoms with Crippen molar-refractivity contribution in [3.8, 4) is 22.6 Å². The highest BCUT2D eigenvalue weighted by Crippen LogP contribution is 2.27. The summed E-state index contributed by atoms with van der Waals surface area (Å²) in [4.78, 5) is 23.0. The van der Waals surface area contributed by atoms with Crippen molar-refractivity contribution in [3.63, 3.8) is 0 Å². The Morgan fingerprint density at radius 2 is 2.03 bits per heavy atom. The van der Waals surface area contributed by atoms with Gasteiger partial charge in [-0.3, -0.25) is 5.10 Å². The number of benzene rings is 1. The number of amides is 1. The van der Waals surface area contributed by atoms with Crippen molar-refractivity contribution in [3.05, 3.63) is 48.5 Å². The maximum absolute atomic E-state index is 14.5. The summed E-state index contributed by atoms with van der Waals surface area (Å²) in [6.45, 7) is 1.06. The van der Waals surface area contributed by atoms with Crippen LogP contribution in [0.5, 0.6) is 0 Å². The number of aromatic nitrogens is 4. The standard InChI is InChI=1S/C20H21FN6O2/c1-26(20(28)29)15-6-9-27(10-7-15)19-16(21)12-22-18(24-19)14-4-2-3-13(11-14)17-5-8-23-25-17/h2-5,8,11-12,15H,6-7,9-10H2,1H3,(H,23,25)(H,28,29). The molecule has 4 rings (SSSR count). The minimum Gasteiger partial charge on any atom is -0.465 e. The van der Waals surface area contributed by atoms with Gasteiger partial charge in [0.25, 0.3) is 0 Å². The normalized spacial score (nSPS) is 14.8. The summed E-state index contributed by atoms with van der Waals surface area (Å²) in [6.07, 6.45) is 3.23. The number of hydrogen-bond acceptors (Lipinski definition) is 5. The third-order valence-electron chi connectivity index (χ3n) is 5.26. The molecule has 0 radical (unpaired) electrons. The zero-order valence-electron chi connectivity index (χ0n) is 15.9. The topological polar surface area (TPSA) is 98.2 Å². The van der Waals surface area contributed by atoms with E-state index in [-0.39, 0.29) is 11.9 Å². The number of H-pyrrole nitrogens is 1. The Morgan fingerprint density at radius 3 is 2.72 bits per heavy atom. The van der Waals surface area contributed by atoms with Gasteiger partial charge in [-0.1, -0.05) is 18.2 Å². The van der Waals surface area contributed by atoms with Gasteiger partial charge in [0.2, 0.25) is 0 Å². The van der Waals surface area contributed by atoms with Crippen molar-refractivity contribution < 1.29 is 14.3 Å². The molecule has 1 fully saturated rings. The molecule has 1 amide bonds. The molecular formula is C20H21FN6O2. The summed E-state index contributed by atoms with van der Waals surface area (Å²) in [7, 11) is 1.57. The molecular weight excluding hydrogens is 375 g/mol. The maximum atomic E-state index is 14.5. The number of aromatic amines is 1. The summed E-state index contributed by atoms with van der Waals surface area (Å²) >= 11 is 0. The van der Waals surface area contributed by atoms with E-state index in [1.54, 1.807) is 13.2 Å². The van der Waals surface area contributed by atoms with Gasteiger partial charge in [-0.25, -0.2) is 19.2 Å². The van der Waals surface area contributed by atoms with Gasteiger partial charge in [-0.15, -0.1) is 0 Å². The van der Waals surface area contributed by atoms with Crippen LogP contribution in [0.3, 0.4) is 0 Å². The van der Waals surface area contributed by atoms with E-state index >= 15 is 0 Å². The quantitative estimate of drug-likeness (QED) is 0.702. The summed E-state index contributed by atoms with van der Waals surface area (Å²) in [5, 5.41) is 16.1. The molecule has 1 aliphatic heterocycles. The molecule has 3 heterocycles. The highest BCUT2D eigenvalue weighted by Gasteiger charge is 2.27. The smallest absolute Gasteiger partial charge is 0.407 e. The minimum absolute atomic E-state index is 0.0707. The van der Waals surface area contributed by atoms with Gasteiger partial charge in [0.15, 0.2) is 17.5 Å². The zero-order chi connectivity index (χ0) is 20.4. The lowest BCUT2D eigenvalue weighted by atomic mass is 10.0. The van der Waals surface area contributed by atoms with Gasteiger partial charge < -0.3 is 14.9 Å². The van der Waals surface area contributed by atoms with E-state index in [0.29, 0.717) is 31.8 Å². The molecule has 1 aliphatic rings. The molecule has 1 aromatic carbocycles. The lowest BCUT2D eigenvalue weighted by Crippen LogP contribution is -2.45. The van der Waals surface area contributed by atoms with E-state index in [0.717, 1.165) is 16.8 Å². The third-order valence-corrected chi connectivity index (χ3v) is 5.26. The number of anilines is 1. The number of piperidine rings is 1. The maximum Gasteiger partial charge on any atom is 0.407 e. The molecule has 1 saturated heterocycles. The monoisotopic (exact) mass is 396 g/mol. The van der Waals surface area contributed by atoms with Gasteiger partial charge in [0.1, 0.15) is 0 Å². The first-order chi connectivity index (χ1) is 14.0. The van der Waals surface area contributed by atoms with Crippen LogP contribution in [-0.4, -0.2) is 62.4 Å². The second-order valence-electron chi connectivity index (χ2n) is 7.02. The first-order valence-corrected chi connectivity index (χ1v) is 9.37. The van der Waals surface area contributed by atoms with E-state index in [1.165, 1.54) is 11.1 Å². The molecule has 150 valence electrons. The lowest BCUT2D eigenvalue weighted by molar-refractivity contribution is 0.131. The SMILES string of the molecule is CN(C(=O)O)C1CCN(c2nc(-c3cccc(-c4cc[nH]n4)c3)ncc2F)CC1. The van der Waals surface area contributed by atoms with E-state index in [9.17, 15) is 9.18 Å². The van der Waals surface area contributed by atoms with E-state index in [4.69, 9.17) is 5.11 Å². The summed E-state index contributed by atoms with van der Waals surface area (Å²) in [5.74, 6) is 0.197. The molecule has 3 aromatic rings. The first kappa shape index (κ1) is 18.9. The Balaban J connectivity index is 1.56. The van der Waals surface area contributed by atoms with Crippen LogP contribution >= 0.6 is 0 Å². The molecule has 0 atom stereocenters. The van der Waals surface area contributed by atoms with Crippen molar-refractivity contribution in [2.24, 2.45) is 0 Å². The molecule has 0 aliphatic carbocycles. The zero-order valence-corrected chi connectivity index (χ0v) is 15.9. The number of carbonyl (C=O) groups is 1. The van der Waals surface area contributed by atoms with Crippen LogP contribution in [0.2, 0.25) is 0 Å². The van der Waals surface area contributed by atoms with Crippen LogP contribution in [-0.2, 0) is 0 Å². The van der Waals surface area contributed by atoms with Crippen LogP contribution in [0.4, 0.5) is 15.0 Å². The fourth-order valence-electron chi connectivity index (χ4n) is 3.58. The molecule has 2 N–H and O–H groups in total. The number of rotatable bonds is 4. The third kappa shape index (κ3) is 3.89. The van der Waals surface area contributed by atoms with Crippen LogP contribution in [0.25, 0.3) is 22.6 Å². The fourth-order valence-corrected chi connectivity index (χ4v) is 3.58. The molecule has 8 nitrogen and oxygen atoms in total. The van der Waals surface area contributed by atoms with Gasteiger partial charge in [0, 0.05) is 43.5 Å². The molecule has 0 spiro atoms. The minimum atomic E-state index is -0.948. The van der Waals surface area contributed by atoms with Gasteiger partial charge in [-0.05, 0) is 25.0 Å². The van der Waals surface area contributed by atoms with Crippen LogP contribution < -0.4 is 4.90 Å². The number of halogens is 1. The van der Waals surface area contributed by atoms with Crippen molar-refractivity contribution >= 4 is 11.9 Å². The number of hydrogen-bond donors (Lipinski definition) is 2. The predicted molar refractivity (Wildman–Crippen MR) is 106 cm³/mol. The van der Waals surface area contributed by atoms with Crippen LogP contribution in [0, 0.1) is 5.82 Å². The summed E-state index contributed by atoms with van der Waals surface area (Å²) in [6, 6.07) is 9.42. The molecule has 29 heavy (non-hydrogen) atoms. The Bertz CT molecular complexity index is 1000. The van der Waals surface area contributed by atoms with E-state index in [2.05, 4.69) is 20.2 Å². The molecule has 0 unspecified atom stereocenters. The van der Waals surface area contributed by atoms with E-state index in [1.807, 2.05) is 35.2 Å². The summed E-state index contributed by atoms with van der Waals surface area (Å²) < 4.78 is 14.5. The van der Waals surface area contributed by atoms with Crippen molar-refractivity contribution in [1.29, 1.82) is 0 Å². The average Bonchev–Trinajstić information content (AvgIpc) is 3.29. The van der Waals surface area contributed by atoms with Gasteiger partial charge >= 0.3 is 6.09 Å². The average molecular weight is 396 g/mol. The number of nitrogens with one attached hydrogen (secondary N) is 1. The molecule has 0 bridgehead atoms. The van der Waals surface area contributed by atoms with Crippen LogP contribution in [0.1, 0.15) is 12.8 Å². The lowest BCUT2D eigenvalue weighted by Gasteiger charge is -2.36. The fraction of sp³-hybridized carbons (Fsp3) is 0.300. The molecule has 2 aromatic heterocycles. The van der Waals surface area contributed by atoms with Crippen molar-refractivity contribution in [2.75, 3.05) is 25.0 Å². The Morgan fingerprint density at radius 1 is 1.28 bits per heavy atom. The first-order valence-electron chi connectivity index (χ1n) is 9.37. The summed E-state index contributed by atoms with van der Waals surface area (Å²) in [5.41, 5.74) is 2.49. The van der Waals surface area contributed by atoms with Gasteiger partial charge in [0.05, 0.1) is 11.9 Å². The number of carboxylic acid groups (broad SMARTS) is 1. The van der Waals surface area contributed by atoms with Gasteiger partial charge in [-0.2, -0.15) is 5.10 Å². The highest BCUT2D eigenvalue weighted by molar-refractivity contribution is 5.68. The van der Waals surface area contributed by atoms with Crippen LogP contribution in [0.15, 0.2) is 42.7 Å². The Kier molecular flexibility index (Phi) is 5.11. The predicted octanol–water partition coefficient (Wildman–Crippen LogP) is 3.25. The second-order valence-corrected chi connectivity index (χ2v) is 7.02. The molecule has 0 saturated carbocycles. The van der Waals surface area contributed by atoms with Crippen molar-refractivity contribution in [1.82, 2.24) is 25.1 Å². The molecule has 9 heteroatoms. The Labute approximate surface area is 167 Å². The second kappa shape index (κ2) is 7.86. The van der Waals surface area contributed by atoms with E-state index < -0.39 is 11.9 Å². The Hall–Kier alpha value is -3.49. The highest BCUT2D eigenvalue weighted by atomic mass is 19.1. The largest absolute Gasteiger partial charge is 0.465 e. The number of nitrogens with zero attached hydrogens (tertiary/aromatic N) is 5.